The number of carbonyl (C=O) groups is 1. The number of halogens is 3. The van der Waals surface area contributed by atoms with Gasteiger partial charge in [-0.2, -0.15) is 13.2 Å². The number of likely N-dealkylation sites (tertiary alicyclic amines) is 1. The largest absolute Gasteiger partial charge is 0.416 e. The molecule has 0 radical (unpaired) electrons. The van der Waals surface area contributed by atoms with Gasteiger partial charge in [0.2, 0.25) is 0 Å². The smallest absolute Gasteiger partial charge is 0.369 e. The SMILES string of the molecule is CN(C(=O)NCCC1CCN(Cc2ccccc2)CC1)C1CCN(c2ccc(C(F)(F)F)cc2)C1. The number of piperidine rings is 1. The maximum Gasteiger partial charge on any atom is 0.416 e. The first-order valence-electron chi connectivity index (χ1n) is 12.5. The summed E-state index contributed by atoms with van der Waals surface area (Å²) in [6, 6.07) is 15.8. The lowest BCUT2D eigenvalue weighted by atomic mass is 9.93. The Labute approximate surface area is 205 Å². The van der Waals surface area contributed by atoms with Crippen molar-refractivity contribution in [2.75, 3.05) is 44.7 Å². The van der Waals surface area contributed by atoms with Crippen LogP contribution in [0, 0.1) is 5.92 Å². The van der Waals surface area contributed by atoms with Crippen molar-refractivity contribution in [1.82, 2.24) is 15.1 Å². The highest BCUT2D eigenvalue weighted by Gasteiger charge is 2.32. The van der Waals surface area contributed by atoms with Gasteiger partial charge in [0.05, 0.1) is 11.6 Å². The number of likely N-dealkylation sites (N-methyl/N-ethyl adjacent to an activating group) is 1. The molecule has 0 aliphatic carbocycles. The van der Waals surface area contributed by atoms with Crippen LogP contribution in [-0.4, -0.2) is 61.6 Å². The van der Waals surface area contributed by atoms with Crippen LogP contribution in [0.25, 0.3) is 0 Å². The lowest BCUT2D eigenvalue weighted by Crippen LogP contribution is -2.45. The molecule has 4 rings (SSSR count). The Balaban J connectivity index is 1.15. The van der Waals surface area contributed by atoms with Gasteiger partial charge in [0.15, 0.2) is 0 Å². The lowest BCUT2D eigenvalue weighted by molar-refractivity contribution is -0.137. The van der Waals surface area contributed by atoms with Gasteiger partial charge < -0.3 is 15.1 Å². The molecule has 2 fully saturated rings. The first-order valence-corrected chi connectivity index (χ1v) is 12.5. The van der Waals surface area contributed by atoms with Crippen LogP contribution >= 0.6 is 0 Å². The predicted molar refractivity (Wildman–Crippen MR) is 132 cm³/mol. The van der Waals surface area contributed by atoms with Gasteiger partial charge in [-0.25, -0.2) is 4.79 Å². The minimum absolute atomic E-state index is 0.0403. The van der Waals surface area contributed by atoms with Crippen molar-refractivity contribution in [1.29, 1.82) is 0 Å². The van der Waals surface area contributed by atoms with Gasteiger partial charge in [0.1, 0.15) is 0 Å². The monoisotopic (exact) mass is 488 g/mol. The quantitative estimate of drug-likeness (QED) is 0.580. The van der Waals surface area contributed by atoms with E-state index in [2.05, 4.69) is 34.5 Å². The number of amides is 2. The number of nitrogens with zero attached hydrogens (tertiary/aromatic N) is 3. The number of urea groups is 1. The maximum atomic E-state index is 12.8. The normalized spacial score (nSPS) is 19.7. The Bertz CT molecular complexity index is 943. The highest BCUT2D eigenvalue weighted by molar-refractivity contribution is 5.74. The summed E-state index contributed by atoms with van der Waals surface area (Å²) >= 11 is 0. The van der Waals surface area contributed by atoms with E-state index >= 15 is 0 Å². The third-order valence-corrected chi connectivity index (χ3v) is 7.38. The highest BCUT2D eigenvalue weighted by Crippen LogP contribution is 2.31. The Morgan fingerprint density at radius 2 is 1.69 bits per heavy atom. The van der Waals surface area contributed by atoms with Crippen molar-refractivity contribution in [2.24, 2.45) is 5.92 Å². The van der Waals surface area contributed by atoms with E-state index in [9.17, 15) is 18.0 Å². The topological polar surface area (TPSA) is 38.8 Å². The summed E-state index contributed by atoms with van der Waals surface area (Å²) in [5.74, 6) is 0.634. The molecule has 0 spiro atoms. The second kappa shape index (κ2) is 11.3. The molecule has 2 saturated heterocycles. The molecule has 1 atom stereocenters. The Kier molecular flexibility index (Phi) is 8.21. The Hall–Kier alpha value is -2.74. The van der Waals surface area contributed by atoms with Crippen LogP contribution in [-0.2, 0) is 12.7 Å². The van der Waals surface area contributed by atoms with Gasteiger partial charge in [0, 0.05) is 38.9 Å². The van der Waals surface area contributed by atoms with E-state index in [4.69, 9.17) is 0 Å². The minimum Gasteiger partial charge on any atom is -0.369 e. The van der Waals surface area contributed by atoms with Gasteiger partial charge in [-0.15, -0.1) is 0 Å². The number of anilines is 1. The van der Waals surface area contributed by atoms with Crippen LogP contribution in [0.1, 0.15) is 36.8 Å². The lowest BCUT2D eigenvalue weighted by Gasteiger charge is -2.32. The average molecular weight is 489 g/mol. The summed E-state index contributed by atoms with van der Waals surface area (Å²) in [6.07, 6.45) is -0.234. The van der Waals surface area contributed by atoms with Gasteiger partial charge in [0.25, 0.3) is 0 Å². The van der Waals surface area contributed by atoms with E-state index in [-0.39, 0.29) is 12.1 Å². The number of nitrogens with one attached hydrogen (secondary N) is 1. The summed E-state index contributed by atoms with van der Waals surface area (Å²) in [7, 11) is 1.80. The maximum absolute atomic E-state index is 12.8. The summed E-state index contributed by atoms with van der Waals surface area (Å²) in [6.45, 7) is 5.19. The molecule has 2 aromatic carbocycles. The molecule has 1 N–H and O–H groups in total. The molecular weight excluding hydrogens is 453 g/mol. The second-order valence-electron chi connectivity index (χ2n) is 9.77. The van der Waals surface area contributed by atoms with E-state index < -0.39 is 11.7 Å². The van der Waals surface area contributed by atoms with Crippen molar-refractivity contribution in [3.8, 4) is 0 Å². The van der Waals surface area contributed by atoms with Gasteiger partial charge >= 0.3 is 12.2 Å². The molecule has 2 amide bonds. The van der Waals surface area contributed by atoms with Crippen LogP contribution in [0.5, 0.6) is 0 Å². The molecule has 8 heteroatoms. The highest BCUT2D eigenvalue weighted by atomic mass is 19.4. The number of benzene rings is 2. The second-order valence-corrected chi connectivity index (χ2v) is 9.77. The number of hydrogen-bond acceptors (Lipinski definition) is 3. The van der Waals surface area contributed by atoms with E-state index in [0.717, 1.165) is 69.7 Å². The molecule has 2 heterocycles. The van der Waals surface area contributed by atoms with Crippen molar-refractivity contribution in [2.45, 2.75) is 44.4 Å². The molecule has 5 nitrogen and oxygen atoms in total. The van der Waals surface area contributed by atoms with Crippen LogP contribution in [0.2, 0.25) is 0 Å². The molecule has 0 saturated carbocycles. The number of alkyl halides is 3. The standard InChI is InChI=1S/C27H35F3N4O/c1-32(25-14-18-34(20-25)24-9-7-23(8-10-24)27(28,29)30)26(35)31-15-11-21-12-16-33(17-13-21)19-22-5-3-2-4-6-22/h2-10,21,25H,11-20H2,1H3,(H,31,35). The van der Waals surface area contributed by atoms with Crippen molar-refractivity contribution in [3.63, 3.8) is 0 Å². The van der Waals surface area contributed by atoms with Gasteiger partial charge in [-0.3, -0.25) is 4.90 Å². The summed E-state index contributed by atoms with van der Waals surface area (Å²) in [5, 5.41) is 3.07. The van der Waals surface area contributed by atoms with Crippen LogP contribution < -0.4 is 10.2 Å². The van der Waals surface area contributed by atoms with Crippen LogP contribution in [0.4, 0.5) is 23.7 Å². The molecular formula is C27H35F3N4O. The molecule has 1 unspecified atom stereocenters. The molecule has 0 aromatic heterocycles. The molecule has 35 heavy (non-hydrogen) atoms. The number of rotatable bonds is 7. The van der Waals surface area contributed by atoms with E-state index in [1.165, 1.54) is 17.7 Å². The molecule has 2 aliphatic rings. The third-order valence-electron chi connectivity index (χ3n) is 7.38. The third kappa shape index (κ3) is 6.90. The zero-order chi connectivity index (χ0) is 24.8. The Morgan fingerprint density at radius 1 is 1.00 bits per heavy atom. The molecule has 2 aliphatic heterocycles. The van der Waals surface area contributed by atoms with Crippen molar-refractivity contribution < 1.29 is 18.0 Å². The van der Waals surface area contributed by atoms with Crippen LogP contribution in [0.15, 0.2) is 54.6 Å². The van der Waals surface area contributed by atoms with E-state index in [1.807, 2.05) is 11.0 Å². The molecule has 2 aromatic rings. The summed E-state index contributed by atoms with van der Waals surface area (Å²) in [4.78, 5) is 19.0. The number of hydrogen-bond donors (Lipinski definition) is 1. The summed E-state index contributed by atoms with van der Waals surface area (Å²) in [5.41, 5.74) is 1.47. The fraction of sp³-hybridized carbons (Fsp3) is 0.519. The number of carbonyl (C=O) groups excluding carboxylic acids is 1. The van der Waals surface area contributed by atoms with Crippen molar-refractivity contribution >= 4 is 11.7 Å². The van der Waals surface area contributed by atoms with Crippen LogP contribution in [0.3, 0.4) is 0 Å². The molecule has 0 bridgehead atoms. The zero-order valence-electron chi connectivity index (χ0n) is 20.3. The van der Waals surface area contributed by atoms with Gasteiger partial charge in [-0.05, 0) is 74.5 Å². The fourth-order valence-electron chi connectivity index (χ4n) is 5.10. The first-order chi connectivity index (χ1) is 16.8. The van der Waals surface area contributed by atoms with E-state index in [0.29, 0.717) is 19.0 Å². The fourth-order valence-corrected chi connectivity index (χ4v) is 5.10. The summed E-state index contributed by atoms with van der Waals surface area (Å²) < 4.78 is 38.4. The predicted octanol–water partition coefficient (Wildman–Crippen LogP) is 5.23. The minimum atomic E-state index is -4.33. The average Bonchev–Trinajstić information content (AvgIpc) is 3.35. The Morgan fingerprint density at radius 3 is 2.34 bits per heavy atom. The van der Waals surface area contributed by atoms with Gasteiger partial charge in [-0.1, -0.05) is 30.3 Å². The van der Waals surface area contributed by atoms with Crippen molar-refractivity contribution in [3.05, 3.63) is 65.7 Å². The zero-order valence-corrected chi connectivity index (χ0v) is 20.3. The molecule has 190 valence electrons. The first kappa shape index (κ1) is 25.4. The van der Waals surface area contributed by atoms with E-state index in [1.54, 1.807) is 11.9 Å².